The van der Waals surface area contributed by atoms with Gasteiger partial charge in [-0.25, -0.2) is 0 Å². The predicted molar refractivity (Wildman–Crippen MR) is 146 cm³/mol. The maximum atomic E-state index is 3.71. The van der Waals surface area contributed by atoms with Crippen molar-refractivity contribution < 1.29 is 0 Å². The highest BCUT2D eigenvalue weighted by molar-refractivity contribution is 9.10. The van der Waals surface area contributed by atoms with E-state index in [1.54, 1.807) is 0 Å². The Kier molecular flexibility index (Phi) is 4.16. The lowest BCUT2D eigenvalue weighted by atomic mass is 9.66. The van der Waals surface area contributed by atoms with Gasteiger partial charge in [0.25, 0.3) is 0 Å². The van der Waals surface area contributed by atoms with Crippen LogP contribution in [-0.2, 0) is 5.41 Å². The molecular formula is C31H18Br2. The lowest BCUT2D eigenvalue weighted by Gasteiger charge is -2.35. The van der Waals surface area contributed by atoms with Crippen LogP contribution in [0.3, 0.4) is 0 Å². The van der Waals surface area contributed by atoms with Crippen LogP contribution in [-0.4, -0.2) is 0 Å². The molecule has 0 bridgehead atoms. The summed E-state index contributed by atoms with van der Waals surface area (Å²) in [5.41, 5.74) is 10.1. The average molecular weight is 550 g/mol. The first-order valence-electron chi connectivity index (χ1n) is 11.1. The lowest BCUT2D eigenvalue weighted by Crippen LogP contribution is -2.30. The Morgan fingerprint density at radius 3 is 1.70 bits per heavy atom. The highest BCUT2D eigenvalue weighted by Crippen LogP contribution is 2.59. The highest BCUT2D eigenvalue weighted by Gasteiger charge is 2.48. The summed E-state index contributed by atoms with van der Waals surface area (Å²) in [5, 5.41) is 2.56. The maximum absolute atomic E-state index is 3.71. The molecule has 0 radical (unpaired) electrons. The first kappa shape index (κ1) is 19.5. The Balaban J connectivity index is 1.73. The Morgan fingerprint density at radius 1 is 0.455 bits per heavy atom. The molecule has 0 N–H and O–H groups in total. The Bertz CT molecular complexity index is 1590. The zero-order valence-corrected chi connectivity index (χ0v) is 20.8. The Morgan fingerprint density at radius 2 is 1.03 bits per heavy atom. The van der Waals surface area contributed by atoms with Crippen molar-refractivity contribution >= 4 is 54.8 Å². The van der Waals surface area contributed by atoms with Crippen LogP contribution in [0.5, 0.6) is 0 Å². The first-order chi connectivity index (χ1) is 16.2. The molecule has 2 aliphatic rings. The summed E-state index contributed by atoms with van der Waals surface area (Å²) in [6.45, 7) is 0. The molecule has 7 rings (SSSR count). The molecule has 0 aromatic heterocycles. The van der Waals surface area contributed by atoms with Gasteiger partial charge in [0.15, 0.2) is 0 Å². The van der Waals surface area contributed by atoms with Crippen LogP contribution in [0.25, 0.3) is 34.1 Å². The highest BCUT2D eigenvalue weighted by atomic mass is 79.9. The quantitative estimate of drug-likeness (QED) is 0.177. The van der Waals surface area contributed by atoms with E-state index in [4.69, 9.17) is 0 Å². The molecule has 0 aliphatic heterocycles. The fraction of sp³-hybridized carbons (Fsp3) is 0.0323. The molecule has 33 heavy (non-hydrogen) atoms. The van der Waals surface area contributed by atoms with Gasteiger partial charge in [-0.2, -0.15) is 0 Å². The van der Waals surface area contributed by atoms with Crippen molar-refractivity contribution in [3.63, 3.8) is 0 Å². The van der Waals surface area contributed by atoms with Crippen molar-refractivity contribution in [1.29, 1.82) is 0 Å². The third-order valence-corrected chi connectivity index (χ3v) is 8.18. The largest absolute Gasteiger partial charge is 0.0725 e. The van der Waals surface area contributed by atoms with Crippen molar-refractivity contribution in [3.8, 4) is 11.1 Å². The van der Waals surface area contributed by atoms with Gasteiger partial charge in [0.2, 0.25) is 0 Å². The topological polar surface area (TPSA) is 0 Å². The molecular weight excluding hydrogens is 532 g/mol. The fourth-order valence-corrected chi connectivity index (χ4v) is 6.65. The normalized spacial score (nSPS) is 14.5. The van der Waals surface area contributed by atoms with E-state index in [1.165, 1.54) is 55.3 Å². The zero-order valence-electron chi connectivity index (χ0n) is 17.6. The summed E-state index contributed by atoms with van der Waals surface area (Å²) in [6.07, 6.45) is 4.53. The second-order valence-electron chi connectivity index (χ2n) is 8.84. The summed E-state index contributed by atoms with van der Waals surface area (Å²) < 4.78 is 2.19. The van der Waals surface area contributed by atoms with E-state index in [-0.39, 0.29) is 5.41 Å². The number of halogens is 2. The summed E-state index contributed by atoms with van der Waals surface area (Å²) >= 11 is 7.43. The van der Waals surface area contributed by atoms with Gasteiger partial charge in [-0.1, -0.05) is 105 Å². The Hall–Kier alpha value is -2.94. The van der Waals surface area contributed by atoms with Gasteiger partial charge in [0.05, 0.1) is 5.41 Å². The molecule has 0 saturated heterocycles. The summed E-state index contributed by atoms with van der Waals surface area (Å²) in [7, 11) is 0. The third-order valence-electron chi connectivity index (χ3n) is 7.19. The first-order valence-corrected chi connectivity index (χ1v) is 12.7. The van der Waals surface area contributed by atoms with Crippen LogP contribution in [0.2, 0.25) is 0 Å². The van der Waals surface area contributed by atoms with Gasteiger partial charge in [-0.15, -0.1) is 0 Å². The van der Waals surface area contributed by atoms with E-state index < -0.39 is 0 Å². The van der Waals surface area contributed by atoms with E-state index in [0.717, 1.165) is 8.95 Å². The molecule has 0 atom stereocenters. The fourth-order valence-electron chi connectivity index (χ4n) is 5.89. The Labute approximate surface area is 209 Å². The molecule has 2 aliphatic carbocycles. The number of rotatable bonds is 0. The molecule has 5 aromatic rings. The number of hydrogen-bond donors (Lipinski definition) is 0. The number of fused-ring (bicyclic) bond motifs is 10. The van der Waals surface area contributed by atoms with E-state index >= 15 is 0 Å². The van der Waals surface area contributed by atoms with Crippen LogP contribution in [0, 0.1) is 0 Å². The van der Waals surface area contributed by atoms with E-state index in [1.807, 2.05) is 0 Å². The van der Waals surface area contributed by atoms with Gasteiger partial charge in [0, 0.05) is 8.95 Å². The monoisotopic (exact) mass is 548 g/mol. The van der Waals surface area contributed by atoms with Crippen LogP contribution < -0.4 is 0 Å². The van der Waals surface area contributed by atoms with Gasteiger partial charge in [-0.3, -0.25) is 0 Å². The van der Waals surface area contributed by atoms with Crippen molar-refractivity contribution in [2.24, 2.45) is 0 Å². The van der Waals surface area contributed by atoms with Gasteiger partial charge < -0.3 is 0 Å². The summed E-state index contributed by atoms with van der Waals surface area (Å²) in [5.74, 6) is 0. The molecule has 156 valence electrons. The smallest absolute Gasteiger partial charge is 0.0619 e. The minimum absolute atomic E-state index is 0.383. The van der Waals surface area contributed by atoms with E-state index in [0.29, 0.717) is 0 Å². The number of hydrogen-bond acceptors (Lipinski definition) is 0. The lowest BCUT2D eigenvalue weighted by molar-refractivity contribution is 0.767. The second-order valence-corrected chi connectivity index (χ2v) is 10.7. The maximum Gasteiger partial charge on any atom is 0.0725 e. The molecule has 0 fully saturated rings. The minimum atomic E-state index is -0.383. The van der Waals surface area contributed by atoms with Crippen LogP contribution in [0.1, 0.15) is 33.4 Å². The van der Waals surface area contributed by atoms with Crippen molar-refractivity contribution in [1.82, 2.24) is 0 Å². The average Bonchev–Trinajstić information content (AvgIpc) is 3.03. The molecule has 5 aromatic carbocycles. The molecule has 2 heteroatoms. The third kappa shape index (κ3) is 2.62. The molecule has 1 spiro atoms. The van der Waals surface area contributed by atoms with E-state index in [2.05, 4.69) is 141 Å². The van der Waals surface area contributed by atoms with Crippen LogP contribution >= 0.6 is 31.9 Å². The standard InChI is InChI=1S/C31H18Br2/c32-23-11-13-27-21(15-23)9-10-22-16-24(33)12-14-28(22)31(27)29-8-4-3-7-25(29)26-17-19-5-1-2-6-20(19)18-30(26)31/h1-18H. The van der Waals surface area contributed by atoms with Crippen LogP contribution in [0.4, 0.5) is 0 Å². The van der Waals surface area contributed by atoms with Gasteiger partial charge >= 0.3 is 0 Å². The van der Waals surface area contributed by atoms with E-state index in [9.17, 15) is 0 Å². The minimum Gasteiger partial charge on any atom is -0.0619 e. The molecule has 0 amide bonds. The second kappa shape index (κ2) is 7.03. The molecule has 0 nitrogen and oxygen atoms in total. The van der Waals surface area contributed by atoms with Crippen molar-refractivity contribution in [2.45, 2.75) is 5.41 Å². The molecule has 0 heterocycles. The van der Waals surface area contributed by atoms with Gasteiger partial charge in [-0.05, 0) is 91.7 Å². The SMILES string of the molecule is Brc1ccc2c(c1)C=Cc1cc(Br)ccc1C21c2ccccc2-c2cc3ccccc3cc21. The summed E-state index contributed by atoms with van der Waals surface area (Å²) in [6, 6.07) is 35.9. The van der Waals surface area contributed by atoms with Crippen LogP contribution in [0.15, 0.2) is 106 Å². The van der Waals surface area contributed by atoms with Crippen molar-refractivity contribution in [3.05, 3.63) is 139 Å². The van der Waals surface area contributed by atoms with Gasteiger partial charge in [0.1, 0.15) is 0 Å². The van der Waals surface area contributed by atoms with Crippen molar-refractivity contribution in [2.75, 3.05) is 0 Å². The predicted octanol–water partition coefficient (Wildman–Crippen LogP) is 9.21. The molecule has 0 unspecified atom stereocenters. The molecule has 0 saturated carbocycles. The summed E-state index contributed by atoms with van der Waals surface area (Å²) in [4.78, 5) is 0. The number of benzene rings is 5. The zero-order chi connectivity index (χ0) is 22.2.